The molecule has 0 aromatic heterocycles. The van der Waals surface area contributed by atoms with Gasteiger partial charge in [0.1, 0.15) is 5.75 Å². The minimum atomic E-state index is -4.70. The molecule has 0 unspecified atom stereocenters. The predicted molar refractivity (Wildman–Crippen MR) is 72.7 cm³/mol. The number of hydrogen-bond donors (Lipinski definition) is 2. The van der Waals surface area contributed by atoms with E-state index < -0.39 is 11.8 Å². The first-order valence-corrected chi connectivity index (χ1v) is 6.41. The van der Waals surface area contributed by atoms with E-state index in [9.17, 15) is 18.0 Å². The number of halogens is 3. The lowest BCUT2D eigenvalue weighted by atomic mass is 9.92. The molecule has 118 valence electrons. The van der Waals surface area contributed by atoms with Crippen molar-refractivity contribution in [3.8, 4) is 5.75 Å². The Bertz CT molecular complexity index is 487. The van der Waals surface area contributed by atoms with Crippen LogP contribution < -0.4 is 15.4 Å². The highest BCUT2D eigenvalue weighted by molar-refractivity contribution is 5.81. The first-order chi connectivity index (χ1) is 9.64. The molecule has 1 rings (SSSR count). The van der Waals surface area contributed by atoms with Crippen LogP contribution in [0.5, 0.6) is 5.75 Å². The third-order valence-corrected chi connectivity index (χ3v) is 2.87. The molecule has 4 nitrogen and oxygen atoms in total. The van der Waals surface area contributed by atoms with Gasteiger partial charge in [0.05, 0.1) is 5.41 Å². The van der Waals surface area contributed by atoms with Crippen molar-refractivity contribution in [3.63, 3.8) is 0 Å². The number of alkyl halides is 3. The zero-order valence-corrected chi connectivity index (χ0v) is 12.2. The van der Waals surface area contributed by atoms with Gasteiger partial charge in [-0.1, -0.05) is 12.1 Å². The second-order valence-electron chi connectivity index (χ2n) is 5.26. The van der Waals surface area contributed by atoms with Gasteiger partial charge < -0.3 is 15.4 Å². The maximum absolute atomic E-state index is 12.1. The van der Waals surface area contributed by atoms with Crippen molar-refractivity contribution in [2.24, 2.45) is 5.41 Å². The Morgan fingerprint density at radius 1 is 1.29 bits per heavy atom. The topological polar surface area (TPSA) is 50.4 Å². The molecule has 7 heteroatoms. The molecular weight excluding hydrogens is 285 g/mol. The first kappa shape index (κ1) is 17.3. The van der Waals surface area contributed by atoms with Crippen LogP contribution in [0.3, 0.4) is 0 Å². The second kappa shape index (κ2) is 6.80. The van der Waals surface area contributed by atoms with Crippen LogP contribution in [0.1, 0.15) is 19.4 Å². The Morgan fingerprint density at radius 2 is 1.95 bits per heavy atom. The SMILES string of the molecule is CNC(=O)C(C)(C)CNCc1cccc(OC(F)(F)F)c1. The van der Waals surface area contributed by atoms with E-state index in [4.69, 9.17) is 0 Å². The van der Waals surface area contributed by atoms with Gasteiger partial charge in [0.15, 0.2) is 0 Å². The summed E-state index contributed by atoms with van der Waals surface area (Å²) < 4.78 is 40.2. The van der Waals surface area contributed by atoms with Crippen molar-refractivity contribution < 1.29 is 22.7 Å². The molecule has 21 heavy (non-hydrogen) atoms. The molecule has 0 heterocycles. The smallest absolute Gasteiger partial charge is 0.406 e. The van der Waals surface area contributed by atoms with Crippen molar-refractivity contribution in [2.75, 3.05) is 13.6 Å². The van der Waals surface area contributed by atoms with Crippen LogP contribution in [0.25, 0.3) is 0 Å². The number of hydrogen-bond acceptors (Lipinski definition) is 3. The van der Waals surface area contributed by atoms with Crippen molar-refractivity contribution in [3.05, 3.63) is 29.8 Å². The Labute approximate surface area is 121 Å². The maximum atomic E-state index is 12.1. The van der Waals surface area contributed by atoms with Crippen LogP contribution in [0.4, 0.5) is 13.2 Å². The largest absolute Gasteiger partial charge is 0.573 e. The molecule has 1 amide bonds. The Balaban J connectivity index is 2.57. The quantitative estimate of drug-likeness (QED) is 0.849. The van der Waals surface area contributed by atoms with E-state index in [1.54, 1.807) is 27.0 Å². The van der Waals surface area contributed by atoms with E-state index in [0.29, 0.717) is 18.7 Å². The number of carbonyl (C=O) groups excluding carboxylic acids is 1. The van der Waals surface area contributed by atoms with E-state index in [1.807, 2.05) is 0 Å². The lowest BCUT2D eigenvalue weighted by Gasteiger charge is -2.23. The van der Waals surface area contributed by atoms with Crippen LogP contribution in [0, 0.1) is 5.41 Å². The highest BCUT2D eigenvalue weighted by Crippen LogP contribution is 2.23. The summed E-state index contributed by atoms with van der Waals surface area (Å²) in [6.45, 7) is 4.30. The Kier molecular flexibility index (Phi) is 5.60. The van der Waals surface area contributed by atoms with Gasteiger partial charge in [-0.2, -0.15) is 0 Å². The number of carbonyl (C=O) groups is 1. The highest BCUT2D eigenvalue weighted by atomic mass is 19.4. The average Bonchev–Trinajstić information content (AvgIpc) is 2.36. The fraction of sp³-hybridized carbons (Fsp3) is 0.500. The van der Waals surface area contributed by atoms with Gasteiger partial charge in [-0.25, -0.2) is 0 Å². The van der Waals surface area contributed by atoms with Crippen LogP contribution in [-0.2, 0) is 11.3 Å². The van der Waals surface area contributed by atoms with Crippen LogP contribution in [0.15, 0.2) is 24.3 Å². The van der Waals surface area contributed by atoms with Gasteiger partial charge in [0, 0.05) is 20.1 Å². The summed E-state index contributed by atoms with van der Waals surface area (Å²) in [7, 11) is 1.56. The van der Waals surface area contributed by atoms with Gasteiger partial charge >= 0.3 is 6.36 Å². The fourth-order valence-electron chi connectivity index (χ4n) is 1.79. The number of rotatable bonds is 6. The molecule has 0 saturated heterocycles. The van der Waals surface area contributed by atoms with E-state index in [0.717, 1.165) is 0 Å². The summed E-state index contributed by atoms with van der Waals surface area (Å²) in [5.41, 5.74) is 0.0407. The molecule has 0 radical (unpaired) electrons. The first-order valence-electron chi connectivity index (χ1n) is 6.41. The summed E-state index contributed by atoms with van der Waals surface area (Å²) in [4.78, 5) is 11.6. The van der Waals surface area contributed by atoms with Gasteiger partial charge in [0.25, 0.3) is 0 Å². The summed E-state index contributed by atoms with van der Waals surface area (Å²) in [6.07, 6.45) is -4.70. The summed E-state index contributed by atoms with van der Waals surface area (Å²) in [5.74, 6) is -0.364. The normalized spacial score (nSPS) is 12.1. The van der Waals surface area contributed by atoms with Crippen LogP contribution in [0.2, 0.25) is 0 Å². The lowest BCUT2D eigenvalue weighted by molar-refractivity contribution is -0.274. The number of amides is 1. The summed E-state index contributed by atoms with van der Waals surface area (Å²) >= 11 is 0. The molecular formula is C14H19F3N2O2. The van der Waals surface area contributed by atoms with Crippen molar-refractivity contribution in [2.45, 2.75) is 26.8 Å². The number of benzene rings is 1. The van der Waals surface area contributed by atoms with Gasteiger partial charge in [-0.3, -0.25) is 4.79 Å². The van der Waals surface area contributed by atoms with Gasteiger partial charge in [0.2, 0.25) is 5.91 Å². The zero-order valence-electron chi connectivity index (χ0n) is 12.2. The summed E-state index contributed by atoms with van der Waals surface area (Å²) in [5, 5.41) is 5.61. The second-order valence-corrected chi connectivity index (χ2v) is 5.26. The molecule has 0 aliphatic heterocycles. The third-order valence-electron chi connectivity index (χ3n) is 2.87. The third kappa shape index (κ3) is 6.03. The van der Waals surface area contributed by atoms with E-state index in [1.165, 1.54) is 18.2 Å². The molecule has 1 aromatic rings. The van der Waals surface area contributed by atoms with E-state index >= 15 is 0 Å². The van der Waals surface area contributed by atoms with Crippen LogP contribution >= 0.6 is 0 Å². The molecule has 0 bridgehead atoms. The Morgan fingerprint density at radius 3 is 2.52 bits per heavy atom. The molecule has 0 saturated carbocycles. The van der Waals surface area contributed by atoms with Crippen molar-refractivity contribution in [1.82, 2.24) is 10.6 Å². The standard InChI is InChI=1S/C14H19F3N2O2/c1-13(2,12(20)18-3)9-19-8-10-5-4-6-11(7-10)21-14(15,16)17/h4-7,19H,8-9H2,1-3H3,(H,18,20). The van der Waals surface area contributed by atoms with Crippen LogP contribution in [-0.4, -0.2) is 25.9 Å². The summed E-state index contributed by atoms with van der Waals surface area (Å²) in [6, 6.07) is 5.73. The lowest BCUT2D eigenvalue weighted by Crippen LogP contribution is -2.41. The van der Waals surface area contributed by atoms with E-state index in [2.05, 4.69) is 15.4 Å². The average molecular weight is 304 g/mol. The molecule has 2 N–H and O–H groups in total. The zero-order chi connectivity index (χ0) is 16.1. The van der Waals surface area contributed by atoms with Crippen molar-refractivity contribution >= 4 is 5.91 Å². The molecule has 1 aromatic carbocycles. The predicted octanol–water partition coefficient (Wildman–Crippen LogP) is 2.45. The monoisotopic (exact) mass is 304 g/mol. The molecule has 0 atom stereocenters. The molecule has 0 aliphatic carbocycles. The molecule has 0 aliphatic rings. The fourth-order valence-corrected chi connectivity index (χ4v) is 1.79. The number of ether oxygens (including phenoxy) is 1. The van der Waals surface area contributed by atoms with Gasteiger partial charge in [-0.15, -0.1) is 13.2 Å². The highest BCUT2D eigenvalue weighted by Gasteiger charge is 2.31. The van der Waals surface area contributed by atoms with Crippen molar-refractivity contribution in [1.29, 1.82) is 0 Å². The molecule has 0 spiro atoms. The number of nitrogens with one attached hydrogen (secondary N) is 2. The van der Waals surface area contributed by atoms with Gasteiger partial charge in [-0.05, 0) is 31.5 Å². The maximum Gasteiger partial charge on any atom is 0.573 e. The minimum Gasteiger partial charge on any atom is -0.406 e. The molecule has 0 fully saturated rings. The van der Waals surface area contributed by atoms with E-state index in [-0.39, 0.29) is 11.7 Å². The Hall–Kier alpha value is -1.76. The minimum absolute atomic E-state index is 0.107.